The third-order valence-electron chi connectivity index (χ3n) is 2.35. The van der Waals surface area contributed by atoms with E-state index < -0.39 is 8.32 Å². The van der Waals surface area contributed by atoms with E-state index in [0.29, 0.717) is 0 Å². The van der Waals surface area contributed by atoms with Gasteiger partial charge in [-0.05, 0) is 38.2 Å². The maximum Gasteiger partial charge on any atom is 0.242 e. The molecule has 0 atom stereocenters. The van der Waals surface area contributed by atoms with Gasteiger partial charge < -0.3 is 4.43 Å². The van der Waals surface area contributed by atoms with E-state index in [1.807, 2.05) is 6.07 Å². The van der Waals surface area contributed by atoms with E-state index in [2.05, 4.69) is 56.9 Å². The summed E-state index contributed by atoms with van der Waals surface area (Å²) in [5.41, 5.74) is 1.27. The predicted molar refractivity (Wildman–Crippen MR) is 78.5 cm³/mol. The molecule has 2 rings (SSSR count). The van der Waals surface area contributed by atoms with Crippen molar-refractivity contribution < 1.29 is 4.43 Å². The highest BCUT2D eigenvalue weighted by molar-refractivity contribution is 7.15. The Kier molecular flexibility index (Phi) is 3.40. The lowest BCUT2D eigenvalue weighted by Crippen LogP contribution is -2.29. The Labute approximate surface area is 108 Å². The molecule has 0 radical (unpaired) electrons. The summed E-state index contributed by atoms with van der Waals surface area (Å²) < 4.78 is 6.08. The minimum atomic E-state index is -1.51. The molecule has 0 bridgehead atoms. The summed E-state index contributed by atoms with van der Waals surface area (Å²) in [4.78, 5) is 2.56. The van der Waals surface area contributed by atoms with Gasteiger partial charge in [-0.1, -0.05) is 30.3 Å². The van der Waals surface area contributed by atoms with Crippen molar-refractivity contribution >= 4 is 19.7 Å². The second-order valence-electron chi connectivity index (χ2n) is 5.11. The Morgan fingerprint density at radius 3 is 2.29 bits per heavy atom. The van der Waals surface area contributed by atoms with Crippen LogP contribution in [-0.2, 0) is 0 Å². The van der Waals surface area contributed by atoms with Crippen molar-refractivity contribution in [2.75, 3.05) is 0 Å². The summed E-state index contributed by atoms with van der Waals surface area (Å²) in [7, 11) is -1.51. The number of thiophene rings is 1. The molecule has 1 heterocycles. The topological polar surface area (TPSA) is 9.23 Å². The summed E-state index contributed by atoms with van der Waals surface area (Å²) in [6.07, 6.45) is 0. The molecule has 0 saturated carbocycles. The highest BCUT2D eigenvalue weighted by atomic mass is 32.1. The van der Waals surface area contributed by atoms with Crippen LogP contribution in [0, 0.1) is 6.92 Å². The third kappa shape index (κ3) is 3.20. The summed E-state index contributed by atoms with van der Waals surface area (Å²) in [6.45, 7) is 8.78. The lowest BCUT2D eigenvalue weighted by atomic mass is 10.2. The van der Waals surface area contributed by atoms with Gasteiger partial charge in [0.05, 0.1) is 0 Å². The molecule has 0 spiro atoms. The van der Waals surface area contributed by atoms with Crippen molar-refractivity contribution in [3.63, 3.8) is 0 Å². The van der Waals surface area contributed by atoms with Crippen molar-refractivity contribution in [1.82, 2.24) is 0 Å². The SMILES string of the molecule is Cc1sc(-c2ccccc2)cc1O[Si](C)(C)C. The highest BCUT2D eigenvalue weighted by Gasteiger charge is 2.19. The zero-order valence-corrected chi connectivity index (χ0v) is 12.6. The van der Waals surface area contributed by atoms with Gasteiger partial charge in [0, 0.05) is 9.75 Å². The van der Waals surface area contributed by atoms with Gasteiger partial charge in [-0.15, -0.1) is 11.3 Å². The van der Waals surface area contributed by atoms with Crippen molar-refractivity contribution in [2.24, 2.45) is 0 Å². The van der Waals surface area contributed by atoms with Crippen LogP contribution < -0.4 is 4.43 Å². The van der Waals surface area contributed by atoms with Gasteiger partial charge >= 0.3 is 0 Å². The van der Waals surface area contributed by atoms with Gasteiger partial charge in [-0.25, -0.2) is 0 Å². The van der Waals surface area contributed by atoms with E-state index in [1.165, 1.54) is 15.3 Å². The van der Waals surface area contributed by atoms with E-state index >= 15 is 0 Å². The second kappa shape index (κ2) is 4.67. The van der Waals surface area contributed by atoms with E-state index in [-0.39, 0.29) is 0 Å². The van der Waals surface area contributed by atoms with Crippen LogP contribution in [0.3, 0.4) is 0 Å². The first-order chi connectivity index (χ1) is 7.96. The molecule has 0 saturated heterocycles. The number of rotatable bonds is 3. The fourth-order valence-electron chi connectivity index (χ4n) is 1.64. The Balaban J connectivity index is 2.31. The van der Waals surface area contributed by atoms with Crippen LogP contribution >= 0.6 is 11.3 Å². The number of benzene rings is 1. The molecule has 2 aromatic rings. The second-order valence-corrected chi connectivity index (χ2v) is 10.8. The van der Waals surface area contributed by atoms with Crippen molar-refractivity contribution in [3.8, 4) is 16.2 Å². The van der Waals surface area contributed by atoms with Gasteiger partial charge in [0.15, 0.2) is 0 Å². The molecule has 1 aromatic carbocycles. The fraction of sp³-hybridized carbons (Fsp3) is 0.286. The summed E-state index contributed by atoms with van der Waals surface area (Å²) in [5, 5.41) is 0. The van der Waals surface area contributed by atoms with Crippen LogP contribution in [0.15, 0.2) is 36.4 Å². The maximum atomic E-state index is 6.08. The van der Waals surface area contributed by atoms with Gasteiger partial charge in [0.2, 0.25) is 8.32 Å². The molecule has 0 aliphatic rings. The molecule has 1 aromatic heterocycles. The van der Waals surface area contributed by atoms with E-state index in [9.17, 15) is 0 Å². The Bertz CT molecular complexity index is 497. The van der Waals surface area contributed by atoms with Crippen LogP contribution in [0.1, 0.15) is 4.88 Å². The third-order valence-corrected chi connectivity index (χ3v) is 4.26. The first-order valence-electron chi connectivity index (χ1n) is 5.80. The molecule has 0 N–H and O–H groups in total. The standard InChI is InChI=1S/C14H18OSSi/c1-11-13(15-17(2,3)4)10-14(16-11)12-8-6-5-7-9-12/h5-10H,1-4H3. The van der Waals surface area contributed by atoms with E-state index in [4.69, 9.17) is 4.43 Å². The van der Waals surface area contributed by atoms with Crippen molar-refractivity contribution in [1.29, 1.82) is 0 Å². The number of aryl methyl sites for hydroxylation is 1. The summed E-state index contributed by atoms with van der Waals surface area (Å²) in [6, 6.07) is 12.6. The molecule has 0 aliphatic heterocycles. The fourth-order valence-corrected chi connectivity index (χ4v) is 3.54. The van der Waals surface area contributed by atoms with Crippen molar-refractivity contribution in [2.45, 2.75) is 26.6 Å². The van der Waals surface area contributed by atoms with E-state index in [1.54, 1.807) is 11.3 Å². The highest BCUT2D eigenvalue weighted by Crippen LogP contribution is 2.36. The minimum Gasteiger partial charge on any atom is -0.544 e. The van der Waals surface area contributed by atoms with Gasteiger partial charge in [-0.2, -0.15) is 0 Å². The minimum absolute atomic E-state index is 1.06. The molecule has 0 aliphatic carbocycles. The van der Waals surface area contributed by atoms with Crippen LogP contribution in [0.25, 0.3) is 10.4 Å². The first-order valence-corrected chi connectivity index (χ1v) is 10.0. The average molecular weight is 262 g/mol. The van der Waals surface area contributed by atoms with Crippen molar-refractivity contribution in [3.05, 3.63) is 41.3 Å². The molecule has 0 fully saturated rings. The van der Waals surface area contributed by atoms with Gasteiger partial charge in [0.1, 0.15) is 5.75 Å². The Hall–Kier alpha value is -1.06. The number of hydrogen-bond donors (Lipinski definition) is 0. The average Bonchev–Trinajstić information content (AvgIpc) is 2.59. The number of hydrogen-bond acceptors (Lipinski definition) is 2. The quantitative estimate of drug-likeness (QED) is 0.712. The largest absolute Gasteiger partial charge is 0.544 e. The molecule has 17 heavy (non-hydrogen) atoms. The summed E-state index contributed by atoms with van der Waals surface area (Å²) >= 11 is 1.81. The molecule has 0 amide bonds. The monoisotopic (exact) mass is 262 g/mol. The summed E-state index contributed by atoms with van der Waals surface area (Å²) in [5.74, 6) is 1.06. The molecule has 1 nitrogen and oxygen atoms in total. The van der Waals surface area contributed by atoms with Crippen LogP contribution in [0.2, 0.25) is 19.6 Å². The van der Waals surface area contributed by atoms with Gasteiger partial charge in [0.25, 0.3) is 0 Å². The Morgan fingerprint density at radius 1 is 1.06 bits per heavy atom. The zero-order valence-electron chi connectivity index (χ0n) is 10.8. The molecule has 90 valence electrons. The van der Waals surface area contributed by atoms with E-state index in [0.717, 1.165) is 5.75 Å². The smallest absolute Gasteiger partial charge is 0.242 e. The first kappa shape index (κ1) is 12.4. The molecule has 3 heteroatoms. The van der Waals surface area contributed by atoms with Crippen LogP contribution in [0.5, 0.6) is 5.75 Å². The predicted octanol–water partition coefficient (Wildman–Crippen LogP) is 4.94. The normalized spacial score (nSPS) is 11.5. The zero-order chi connectivity index (χ0) is 12.5. The molecular weight excluding hydrogens is 244 g/mol. The van der Waals surface area contributed by atoms with Crippen LogP contribution in [0.4, 0.5) is 0 Å². The lowest BCUT2D eigenvalue weighted by molar-refractivity contribution is 0.557. The lowest BCUT2D eigenvalue weighted by Gasteiger charge is -2.18. The Morgan fingerprint density at radius 2 is 1.71 bits per heavy atom. The van der Waals surface area contributed by atoms with Gasteiger partial charge in [-0.3, -0.25) is 0 Å². The van der Waals surface area contributed by atoms with Crippen LogP contribution in [-0.4, -0.2) is 8.32 Å². The molecule has 0 unspecified atom stereocenters. The maximum absolute atomic E-state index is 6.08. The molecular formula is C14H18OSSi.